The smallest absolute Gasteiger partial charge is 0.0594 e. The first kappa shape index (κ1) is 19.7. The predicted molar refractivity (Wildman–Crippen MR) is 133 cm³/mol. The van der Waals surface area contributed by atoms with Gasteiger partial charge in [0.1, 0.15) is 0 Å². The van der Waals surface area contributed by atoms with Gasteiger partial charge >= 0.3 is 0 Å². The van der Waals surface area contributed by atoms with E-state index < -0.39 is 0 Å². The average molecular weight is 420 g/mol. The quantitative estimate of drug-likeness (QED) is 0.253. The monoisotopic (exact) mass is 419 g/mol. The predicted octanol–water partition coefficient (Wildman–Crippen LogP) is 7.88. The molecule has 0 unspecified atom stereocenters. The van der Waals surface area contributed by atoms with E-state index in [0.717, 1.165) is 6.54 Å². The van der Waals surface area contributed by atoms with E-state index in [1.807, 2.05) is 11.8 Å². The molecule has 0 spiro atoms. The standard InChI is InChI=1S/C29H25NS/c1-22-11-10-12-23(19-22)20-30-21-28(26-17-8-9-18-27(26)30)31-29(24-13-4-2-5-14-24)25-15-6-3-7-16-25/h2-19,21,29H,20H2,1H3. The van der Waals surface area contributed by atoms with Crippen LogP contribution in [0.1, 0.15) is 27.5 Å². The Morgan fingerprint density at radius 1 is 0.710 bits per heavy atom. The van der Waals surface area contributed by atoms with Gasteiger partial charge in [0.15, 0.2) is 0 Å². The van der Waals surface area contributed by atoms with Crippen LogP contribution in [0.25, 0.3) is 10.9 Å². The van der Waals surface area contributed by atoms with Crippen LogP contribution in [0.4, 0.5) is 0 Å². The number of benzene rings is 4. The number of aryl methyl sites for hydroxylation is 1. The fourth-order valence-electron chi connectivity index (χ4n) is 4.16. The van der Waals surface area contributed by atoms with Gasteiger partial charge in [-0.05, 0) is 29.7 Å². The largest absolute Gasteiger partial charge is 0.342 e. The molecule has 4 aromatic carbocycles. The Kier molecular flexibility index (Phi) is 5.64. The molecule has 0 fully saturated rings. The molecule has 0 bridgehead atoms. The lowest BCUT2D eigenvalue weighted by molar-refractivity contribution is 0.829. The highest BCUT2D eigenvalue weighted by molar-refractivity contribution is 8.00. The van der Waals surface area contributed by atoms with Crippen LogP contribution in [0.15, 0.2) is 120 Å². The third kappa shape index (κ3) is 4.30. The highest BCUT2D eigenvalue weighted by atomic mass is 32.2. The van der Waals surface area contributed by atoms with Gasteiger partial charge in [-0.3, -0.25) is 0 Å². The molecule has 0 aliphatic rings. The molecule has 1 aromatic heterocycles. The number of thioether (sulfide) groups is 1. The zero-order chi connectivity index (χ0) is 21.0. The van der Waals surface area contributed by atoms with Crippen molar-refractivity contribution in [2.45, 2.75) is 23.6 Å². The Balaban J connectivity index is 1.56. The summed E-state index contributed by atoms with van der Waals surface area (Å²) in [6, 6.07) is 39.2. The normalized spacial score (nSPS) is 11.3. The number of nitrogens with zero attached hydrogens (tertiary/aromatic N) is 1. The highest BCUT2D eigenvalue weighted by Gasteiger charge is 2.18. The van der Waals surface area contributed by atoms with Gasteiger partial charge in [0.2, 0.25) is 0 Å². The van der Waals surface area contributed by atoms with Gasteiger partial charge in [-0.1, -0.05) is 109 Å². The van der Waals surface area contributed by atoms with E-state index in [0.29, 0.717) is 0 Å². The minimum atomic E-state index is 0.251. The van der Waals surface area contributed by atoms with Crippen LogP contribution >= 0.6 is 11.8 Å². The third-order valence-electron chi connectivity index (χ3n) is 5.64. The topological polar surface area (TPSA) is 4.93 Å². The van der Waals surface area contributed by atoms with Gasteiger partial charge in [-0.25, -0.2) is 0 Å². The SMILES string of the molecule is Cc1cccc(Cn2cc(SC(c3ccccc3)c3ccccc3)c3ccccc32)c1. The summed E-state index contributed by atoms with van der Waals surface area (Å²) in [5.41, 5.74) is 6.58. The van der Waals surface area contributed by atoms with Gasteiger partial charge in [0, 0.05) is 28.5 Å². The number of hydrogen-bond acceptors (Lipinski definition) is 1. The van der Waals surface area contributed by atoms with Gasteiger partial charge in [-0.2, -0.15) is 0 Å². The highest BCUT2D eigenvalue weighted by Crippen LogP contribution is 2.43. The molecule has 5 aromatic rings. The summed E-state index contributed by atoms with van der Waals surface area (Å²) < 4.78 is 2.39. The van der Waals surface area contributed by atoms with Crippen molar-refractivity contribution >= 4 is 22.7 Å². The van der Waals surface area contributed by atoms with Crippen LogP contribution in [0.3, 0.4) is 0 Å². The summed E-state index contributed by atoms with van der Waals surface area (Å²) in [4.78, 5) is 1.32. The van der Waals surface area contributed by atoms with Crippen molar-refractivity contribution in [3.63, 3.8) is 0 Å². The zero-order valence-corrected chi connectivity index (χ0v) is 18.4. The summed E-state index contributed by atoms with van der Waals surface area (Å²) in [5.74, 6) is 0. The number of rotatable bonds is 6. The van der Waals surface area contributed by atoms with Crippen LogP contribution in [-0.2, 0) is 6.54 Å². The Hall–Kier alpha value is -3.23. The molecule has 0 aliphatic carbocycles. The summed E-state index contributed by atoms with van der Waals surface area (Å²) in [6.07, 6.45) is 2.33. The van der Waals surface area contributed by atoms with Crippen molar-refractivity contribution < 1.29 is 0 Å². The lowest BCUT2D eigenvalue weighted by atomic mass is 10.0. The number of para-hydroxylation sites is 1. The van der Waals surface area contributed by atoms with E-state index in [9.17, 15) is 0 Å². The van der Waals surface area contributed by atoms with Crippen molar-refractivity contribution in [1.82, 2.24) is 4.57 Å². The Morgan fingerprint density at radius 2 is 1.35 bits per heavy atom. The molecular formula is C29H25NS. The van der Waals surface area contributed by atoms with Crippen molar-refractivity contribution in [3.8, 4) is 0 Å². The van der Waals surface area contributed by atoms with Crippen molar-refractivity contribution in [3.05, 3.63) is 138 Å². The van der Waals surface area contributed by atoms with E-state index in [1.54, 1.807) is 0 Å². The number of fused-ring (bicyclic) bond motifs is 1. The maximum absolute atomic E-state index is 2.39. The van der Waals surface area contributed by atoms with Crippen LogP contribution in [-0.4, -0.2) is 4.57 Å². The first-order valence-corrected chi connectivity index (χ1v) is 11.6. The van der Waals surface area contributed by atoms with Gasteiger partial charge in [0.25, 0.3) is 0 Å². The summed E-state index contributed by atoms with van der Waals surface area (Å²) >= 11 is 1.94. The Labute approximate surface area is 188 Å². The molecule has 0 radical (unpaired) electrons. The third-order valence-corrected chi connectivity index (χ3v) is 7.00. The molecule has 0 atom stereocenters. The molecule has 0 aliphatic heterocycles. The van der Waals surface area contributed by atoms with Crippen LogP contribution in [0.5, 0.6) is 0 Å². The van der Waals surface area contributed by atoms with Crippen molar-refractivity contribution in [2.24, 2.45) is 0 Å². The summed E-state index contributed by atoms with van der Waals surface area (Å²) in [6.45, 7) is 3.03. The lowest BCUT2D eigenvalue weighted by Crippen LogP contribution is -1.98. The van der Waals surface area contributed by atoms with Crippen LogP contribution < -0.4 is 0 Å². The van der Waals surface area contributed by atoms with Crippen LogP contribution in [0, 0.1) is 6.92 Å². The van der Waals surface area contributed by atoms with Gasteiger partial charge < -0.3 is 4.57 Å². The molecule has 0 N–H and O–H groups in total. The second-order valence-electron chi connectivity index (χ2n) is 7.95. The Morgan fingerprint density at radius 3 is 2.03 bits per heavy atom. The molecular weight excluding hydrogens is 394 g/mol. The second-order valence-corrected chi connectivity index (χ2v) is 9.09. The van der Waals surface area contributed by atoms with E-state index in [4.69, 9.17) is 0 Å². The first-order valence-electron chi connectivity index (χ1n) is 10.7. The van der Waals surface area contributed by atoms with Gasteiger partial charge in [-0.15, -0.1) is 11.8 Å². The van der Waals surface area contributed by atoms with Crippen molar-refractivity contribution in [2.75, 3.05) is 0 Å². The molecule has 152 valence electrons. The van der Waals surface area contributed by atoms with Crippen LogP contribution in [0.2, 0.25) is 0 Å². The summed E-state index contributed by atoms with van der Waals surface area (Å²) in [7, 11) is 0. The molecule has 31 heavy (non-hydrogen) atoms. The molecule has 5 rings (SSSR count). The average Bonchev–Trinajstić information content (AvgIpc) is 3.16. The number of aromatic nitrogens is 1. The molecule has 2 heteroatoms. The molecule has 1 nitrogen and oxygen atoms in total. The summed E-state index contributed by atoms with van der Waals surface area (Å²) in [5, 5.41) is 1.57. The Bertz CT molecular complexity index is 1250. The fraction of sp³-hybridized carbons (Fsp3) is 0.103. The van der Waals surface area contributed by atoms with Gasteiger partial charge in [0.05, 0.1) is 5.25 Å². The van der Waals surface area contributed by atoms with E-state index in [-0.39, 0.29) is 5.25 Å². The zero-order valence-electron chi connectivity index (χ0n) is 17.6. The van der Waals surface area contributed by atoms with E-state index >= 15 is 0 Å². The maximum atomic E-state index is 2.39. The molecule has 1 heterocycles. The number of hydrogen-bond donors (Lipinski definition) is 0. The second kappa shape index (κ2) is 8.87. The molecule has 0 saturated carbocycles. The van der Waals surface area contributed by atoms with E-state index in [2.05, 4.69) is 127 Å². The minimum absolute atomic E-state index is 0.251. The van der Waals surface area contributed by atoms with Crippen molar-refractivity contribution in [1.29, 1.82) is 0 Å². The fourth-order valence-corrected chi connectivity index (χ4v) is 5.48. The van der Waals surface area contributed by atoms with E-state index in [1.165, 1.54) is 38.1 Å². The lowest BCUT2D eigenvalue weighted by Gasteiger charge is -2.17. The maximum Gasteiger partial charge on any atom is 0.0594 e. The molecule has 0 amide bonds. The first-order chi connectivity index (χ1) is 15.3. The minimum Gasteiger partial charge on any atom is -0.342 e. The molecule has 0 saturated heterocycles.